The van der Waals surface area contributed by atoms with Gasteiger partial charge in [-0.1, -0.05) is 6.42 Å². The maximum absolute atomic E-state index is 11.9. The third kappa shape index (κ3) is 4.58. The van der Waals surface area contributed by atoms with Gasteiger partial charge in [0.05, 0.1) is 5.92 Å². The first-order valence-electron chi connectivity index (χ1n) is 7.57. The lowest BCUT2D eigenvalue weighted by Crippen LogP contribution is -2.41. The number of amides is 1. The molecule has 2 saturated heterocycles. The van der Waals surface area contributed by atoms with Crippen molar-refractivity contribution in [3.63, 3.8) is 0 Å². The summed E-state index contributed by atoms with van der Waals surface area (Å²) in [5.74, 6) is 0.453. The monoisotopic (exact) mass is 253 g/mol. The molecule has 104 valence electrons. The fraction of sp³-hybridized carbons (Fsp3) is 0.929. The molecule has 4 nitrogen and oxygen atoms in total. The molecule has 0 spiro atoms. The topological polar surface area (TPSA) is 44.4 Å². The predicted molar refractivity (Wildman–Crippen MR) is 73.5 cm³/mol. The van der Waals surface area contributed by atoms with Gasteiger partial charge in [-0.15, -0.1) is 0 Å². The van der Waals surface area contributed by atoms with Crippen LogP contribution in [0.3, 0.4) is 0 Å². The second kappa shape index (κ2) is 7.74. The summed E-state index contributed by atoms with van der Waals surface area (Å²) < 4.78 is 0. The van der Waals surface area contributed by atoms with Crippen LogP contribution < -0.4 is 10.6 Å². The molecule has 0 aliphatic carbocycles. The summed E-state index contributed by atoms with van der Waals surface area (Å²) >= 11 is 0. The van der Waals surface area contributed by atoms with Crippen molar-refractivity contribution in [3.8, 4) is 0 Å². The lowest BCUT2D eigenvalue weighted by molar-refractivity contribution is -0.125. The number of carbonyl (C=O) groups is 1. The van der Waals surface area contributed by atoms with Crippen molar-refractivity contribution in [2.75, 3.05) is 39.3 Å². The highest BCUT2D eigenvalue weighted by Gasteiger charge is 2.20. The molecule has 2 N–H and O–H groups in total. The van der Waals surface area contributed by atoms with Gasteiger partial charge in [0.2, 0.25) is 5.91 Å². The van der Waals surface area contributed by atoms with Crippen LogP contribution in [0, 0.1) is 5.92 Å². The van der Waals surface area contributed by atoms with Crippen molar-refractivity contribution < 1.29 is 4.79 Å². The molecule has 0 bridgehead atoms. The third-order valence-corrected chi connectivity index (χ3v) is 4.07. The molecule has 18 heavy (non-hydrogen) atoms. The van der Waals surface area contributed by atoms with Gasteiger partial charge in [-0.3, -0.25) is 4.79 Å². The van der Waals surface area contributed by atoms with E-state index in [1.54, 1.807) is 0 Å². The van der Waals surface area contributed by atoms with Crippen molar-refractivity contribution in [2.45, 2.75) is 38.5 Å². The summed E-state index contributed by atoms with van der Waals surface area (Å²) in [4.78, 5) is 14.4. The standard InChI is InChI=1S/C14H27N3O/c18-14(13-6-4-7-15-12-13)16-8-5-11-17-9-2-1-3-10-17/h13,15H,1-12H2,(H,16,18)/t13-/m1/s1. The maximum atomic E-state index is 11.9. The van der Waals surface area contributed by atoms with Gasteiger partial charge in [-0.05, 0) is 58.3 Å². The highest BCUT2D eigenvalue weighted by Crippen LogP contribution is 2.10. The minimum Gasteiger partial charge on any atom is -0.356 e. The molecule has 1 atom stereocenters. The van der Waals surface area contributed by atoms with Crippen LogP contribution in [0.5, 0.6) is 0 Å². The molecular weight excluding hydrogens is 226 g/mol. The lowest BCUT2D eigenvalue weighted by atomic mass is 9.99. The van der Waals surface area contributed by atoms with Gasteiger partial charge < -0.3 is 15.5 Å². The zero-order chi connectivity index (χ0) is 12.6. The SMILES string of the molecule is O=C(NCCCN1CCCCC1)[C@@H]1CCCNC1. The number of nitrogens with zero attached hydrogens (tertiary/aromatic N) is 1. The van der Waals surface area contributed by atoms with Crippen LogP contribution in [0.4, 0.5) is 0 Å². The minimum atomic E-state index is 0.203. The van der Waals surface area contributed by atoms with E-state index in [-0.39, 0.29) is 11.8 Å². The van der Waals surface area contributed by atoms with Crippen LogP contribution in [0.25, 0.3) is 0 Å². The fourth-order valence-electron chi connectivity index (χ4n) is 2.92. The number of piperidine rings is 2. The number of hydrogen-bond donors (Lipinski definition) is 2. The first-order valence-corrected chi connectivity index (χ1v) is 7.57. The second-order valence-electron chi connectivity index (χ2n) is 5.59. The molecule has 2 aliphatic heterocycles. The Hall–Kier alpha value is -0.610. The minimum absolute atomic E-state index is 0.203. The predicted octanol–water partition coefficient (Wildman–Crippen LogP) is 0.978. The fourth-order valence-corrected chi connectivity index (χ4v) is 2.92. The Bertz CT molecular complexity index is 245. The van der Waals surface area contributed by atoms with Crippen molar-refractivity contribution >= 4 is 5.91 Å². The Labute approximate surface area is 110 Å². The summed E-state index contributed by atoms with van der Waals surface area (Å²) in [6, 6.07) is 0. The summed E-state index contributed by atoms with van der Waals surface area (Å²) in [6.45, 7) is 6.41. The van der Waals surface area contributed by atoms with Crippen LogP contribution >= 0.6 is 0 Å². The first kappa shape index (κ1) is 13.8. The number of rotatable bonds is 5. The van der Waals surface area contributed by atoms with E-state index in [9.17, 15) is 4.79 Å². The van der Waals surface area contributed by atoms with Crippen LogP contribution in [-0.4, -0.2) is 50.1 Å². The highest BCUT2D eigenvalue weighted by molar-refractivity contribution is 5.78. The molecule has 0 unspecified atom stereocenters. The van der Waals surface area contributed by atoms with Crippen LogP contribution in [0.1, 0.15) is 38.5 Å². The molecule has 2 rings (SSSR count). The van der Waals surface area contributed by atoms with E-state index in [1.807, 2.05) is 0 Å². The van der Waals surface area contributed by atoms with E-state index in [0.717, 1.165) is 45.4 Å². The van der Waals surface area contributed by atoms with Crippen LogP contribution in [-0.2, 0) is 4.79 Å². The third-order valence-electron chi connectivity index (χ3n) is 4.07. The Morgan fingerprint density at radius 3 is 2.78 bits per heavy atom. The van der Waals surface area contributed by atoms with Crippen molar-refractivity contribution in [3.05, 3.63) is 0 Å². The molecular formula is C14H27N3O. The quantitative estimate of drug-likeness (QED) is 0.718. The number of hydrogen-bond acceptors (Lipinski definition) is 3. The smallest absolute Gasteiger partial charge is 0.224 e. The molecule has 2 heterocycles. The second-order valence-corrected chi connectivity index (χ2v) is 5.59. The van der Waals surface area contributed by atoms with Gasteiger partial charge >= 0.3 is 0 Å². The van der Waals surface area contributed by atoms with E-state index in [0.29, 0.717) is 0 Å². The van der Waals surface area contributed by atoms with Crippen LogP contribution in [0.2, 0.25) is 0 Å². The van der Waals surface area contributed by atoms with Gasteiger partial charge in [0.25, 0.3) is 0 Å². The van der Waals surface area contributed by atoms with Gasteiger partial charge in [0, 0.05) is 13.1 Å². The molecule has 2 aliphatic rings. The van der Waals surface area contributed by atoms with Crippen molar-refractivity contribution in [1.82, 2.24) is 15.5 Å². The number of likely N-dealkylation sites (tertiary alicyclic amines) is 1. The molecule has 4 heteroatoms. The molecule has 0 radical (unpaired) electrons. The largest absolute Gasteiger partial charge is 0.356 e. The maximum Gasteiger partial charge on any atom is 0.224 e. The van der Waals surface area contributed by atoms with Crippen molar-refractivity contribution in [1.29, 1.82) is 0 Å². The summed E-state index contributed by atoms with van der Waals surface area (Å²) in [7, 11) is 0. The highest BCUT2D eigenvalue weighted by atomic mass is 16.1. The molecule has 1 amide bonds. The Morgan fingerprint density at radius 1 is 1.22 bits per heavy atom. The normalized spacial score (nSPS) is 25.9. The zero-order valence-corrected chi connectivity index (χ0v) is 11.4. The van der Waals surface area contributed by atoms with Gasteiger partial charge in [0.15, 0.2) is 0 Å². The average Bonchev–Trinajstić information content (AvgIpc) is 2.45. The summed E-state index contributed by atoms with van der Waals surface area (Å²) in [5, 5.41) is 6.38. The molecule has 0 aromatic rings. The van der Waals surface area contributed by atoms with Crippen molar-refractivity contribution in [2.24, 2.45) is 5.92 Å². The van der Waals surface area contributed by atoms with E-state index in [2.05, 4.69) is 15.5 Å². The summed E-state index contributed by atoms with van der Waals surface area (Å²) in [5.41, 5.74) is 0. The Balaban J connectivity index is 1.52. The van der Waals surface area contributed by atoms with E-state index < -0.39 is 0 Å². The van der Waals surface area contributed by atoms with Gasteiger partial charge in [-0.25, -0.2) is 0 Å². The Morgan fingerprint density at radius 2 is 2.06 bits per heavy atom. The van der Waals surface area contributed by atoms with Gasteiger partial charge in [0.1, 0.15) is 0 Å². The first-order chi connectivity index (χ1) is 8.86. The zero-order valence-electron chi connectivity index (χ0n) is 11.4. The van der Waals surface area contributed by atoms with E-state index in [4.69, 9.17) is 0 Å². The Kier molecular flexibility index (Phi) is 5.94. The molecule has 0 aromatic carbocycles. The van der Waals surface area contributed by atoms with E-state index in [1.165, 1.54) is 32.4 Å². The van der Waals surface area contributed by atoms with Crippen LogP contribution in [0.15, 0.2) is 0 Å². The van der Waals surface area contributed by atoms with E-state index >= 15 is 0 Å². The molecule has 0 saturated carbocycles. The van der Waals surface area contributed by atoms with Gasteiger partial charge in [-0.2, -0.15) is 0 Å². The average molecular weight is 253 g/mol. The lowest BCUT2D eigenvalue weighted by Gasteiger charge is -2.26. The molecule has 2 fully saturated rings. The number of nitrogens with one attached hydrogen (secondary N) is 2. The number of carbonyl (C=O) groups excluding carboxylic acids is 1. The molecule has 0 aromatic heterocycles. The summed E-state index contributed by atoms with van der Waals surface area (Å²) in [6.07, 6.45) is 7.35.